The van der Waals surface area contributed by atoms with Gasteiger partial charge in [-0.05, 0) is 38.7 Å². The molecule has 1 atom stereocenters. The molecule has 0 spiro atoms. The maximum Gasteiger partial charge on any atom is 0.323 e. The van der Waals surface area contributed by atoms with Gasteiger partial charge in [0, 0.05) is 26.1 Å². The lowest BCUT2D eigenvalue weighted by atomic mass is 10.1. The van der Waals surface area contributed by atoms with E-state index in [1.165, 1.54) is 12.0 Å². The zero-order chi connectivity index (χ0) is 20.1. The number of carbonyl (C=O) groups is 3. The minimum Gasteiger partial charge on any atom is -0.495 e. The van der Waals surface area contributed by atoms with Gasteiger partial charge in [-0.15, -0.1) is 0 Å². The summed E-state index contributed by atoms with van der Waals surface area (Å²) >= 11 is 0. The van der Waals surface area contributed by atoms with Crippen molar-refractivity contribution < 1.29 is 24.2 Å². The molecule has 0 aromatic heterocycles. The number of rotatable bonds is 8. The molecule has 1 heterocycles. The first-order valence-electron chi connectivity index (χ1n) is 8.83. The highest BCUT2D eigenvalue weighted by molar-refractivity contribution is 6.01. The van der Waals surface area contributed by atoms with Crippen LogP contribution in [0.2, 0.25) is 0 Å². The highest BCUT2D eigenvalue weighted by Gasteiger charge is 2.38. The Morgan fingerprint density at radius 1 is 1.30 bits per heavy atom. The summed E-state index contributed by atoms with van der Waals surface area (Å²) in [5.74, 6) is -1.54. The number of carboxylic acids is 1. The number of amides is 2. The fourth-order valence-electron chi connectivity index (χ4n) is 3.13. The van der Waals surface area contributed by atoms with E-state index in [0.717, 1.165) is 5.56 Å². The number of anilines is 1. The van der Waals surface area contributed by atoms with Crippen molar-refractivity contribution >= 4 is 23.5 Å². The molecule has 0 aliphatic carbocycles. The maximum atomic E-state index is 12.9. The largest absolute Gasteiger partial charge is 0.495 e. The minimum atomic E-state index is -1.07. The Balaban J connectivity index is 2.18. The molecule has 27 heavy (non-hydrogen) atoms. The Morgan fingerprint density at radius 3 is 2.59 bits per heavy atom. The number of nitrogens with zero attached hydrogens (tertiary/aromatic N) is 3. The van der Waals surface area contributed by atoms with Crippen molar-refractivity contribution in [3.05, 3.63) is 23.8 Å². The zero-order valence-corrected chi connectivity index (χ0v) is 16.3. The van der Waals surface area contributed by atoms with Crippen LogP contribution in [0.15, 0.2) is 18.2 Å². The molecule has 2 rings (SSSR count). The number of hydrogen-bond donors (Lipinski definition) is 1. The van der Waals surface area contributed by atoms with Crippen molar-refractivity contribution in [1.29, 1.82) is 0 Å². The molecular formula is C19H27N3O5. The number of hydrogen-bond acceptors (Lipinski definition) is 5. The van der Waals surface area contributed by atoms with Gasteiger partial charge in [-0.1, -0.05) is 6.07 Å². The third-order valence-electron chi connectivity index (χ3n) is 4.55. The molecule has 1 aromatic carbocycles. The van der Waals surface area contributed by atoms with E-state index in [1.807, 2.05) is 38.1 Å². The molecule has 1 aromatic rings. The van der Waals surface area contributed by atoms with Crippen LogP contribution in [-0.4, -0.2) is 80.1 Å². The molecule has 0 saturated carbocycles. The summed E-state index contributed by atoms with van der Waals surface area (Å²) in [4.78, 5) is 41.3. The number of benzene rings is 1. The zero-order valence-electron chi connectivity index (χ0n) is 16.3. The smallest absolute Gasteiger partial charge is 0.323 e. The predicted octanol–water partition coefficient (Wildman–Crippen LogP) is 0.831. The van der Waals surface area contributed by atoms with Crippen LogP contribution in [0, 0.1) is 12.8 Å². The summed E-state index contributed by atoms with van der Waals surface area (Å²) in [6.07, 6.45) is 0.0635. The first-order chi connectivity index (χ1) is 12.7. The first kappa shape index (κ1) is 20.7. The molecule has 8 heteroatoms. The van der Waals surface area contributed by atoms with Crippen LogP contribution in [0.5, 0.6) is 5.75 Å². The number of carboxylic acid groups (broad SMARTS) is 1. The third-order valence-corrected chi connectivity index (χ3v) is 4.55. The number of aliphatic carboxylic acids is 1. The van der Waals surface area contributed by atoms with Gasteiger partial charge in [0.05, 0.1) is 18.7 Å². The second kappa shape index (κ2) is 8.85. The summed E-state index contributed by atoms with van der Waals surface area (Å²) in [7, 11) is 5.25. The highest BCUT2D eigenvalue weighted by Crippen LogP contribution is 2.34. The van der Waals surface area contributed by atoms with Gasteiger partial charge in [0.15, 0.2) is 0 Å². The quantitative estimate of drug-likeness (QED) is 0.722. The van der Waals surface area contributed by atoms with Crippen LogP contribution in [0.3, 0.4) is 0 Å². The van der Waals surface area contributed by atoms with Crippen molar-refractivity contribution in [2.24, 2.45) is 5.92 Å². The summed E-state index contributed by atoms with van der Waals surface area (Å²) in [6.45, 7) is 2.62. The van der Waals surface area contributed by atoms with E-state index in [4.69, 9.17) is 9.84 Å². The van der Waals surface area contributed by atoms with E-state index in [2.05, 4.69) is 0 Å². The van der Waals surface area contributed by atoms with E-state index in [9.17, 15) is 14.4 Å². The average molecular weight is 377 g/mol. The molecule has 1 fully saturated rings. The number of aryl methyl sites for hydroxylation is 1. The molecule has 1 aliphatic heterocycles. The fourth-order valence-corrected chi connectivity index (χ4v) is 3.13. The van der Waals surface area contributed by atoms with Gasteiger partial charge in [0.25, 0.3) is 0 Å². The van der Waals surface area contributed by atoms with E-state index >= 15 is 0 Å². The van der Waals surface area contributed by atoms with Crippen molar-refractivity contribution in [3.8, 4) is 5.75 Å². The van der Waals surface area contributed by atoms with Crippen LogP contribution in [0.25, 0.3) is 0 Å². The lowest BCUT2D eigenvalue weighted by molar-refractivity contribution is -0.146. The van der Waals surface area contributed by atoms with Crippen LogP contribution in [-0.2, 0) is 14.4 Å². The Morgan fingerprint density at radius 2 is 2.00 bits per heavy atom. The lowest BCUT2D eigenvalue weighted by Gasteiger charge is -2.25. The van der Waals surface area contributed by atoms with E-state index in [0.29, 0.717) is 24.5 Å². The van der Waals surface area contributed by atoms with E-state index in [1.54, 1.807) is 11.0 Å². The summed E-state index contributed by atoms with van der Waals surface area (Å²) < 4.78 is 5.35. The molecule has 148 valence electrons. The second-order valence-electron chi connectivity index (χ2n) is 7.04. The monoisotopic (exact) mass is 377 g/mol. The number of likely N-dealkylation sites (N-methyl/N-ethyl adjacent to an activating group) is 1. The van der Waals surface area contributed by atoms with Crippen LogP contribution < -0.4 is 9.64 Å². The molecule has 0 bridgehead atoms. The van der Waals surface area contributed by atoms with Gasteiger partial charge >= 0.3 is 5.97 Å². The van der Waals surface area contributed by atoms with Gasteiger partial charge in [0.2, 0.25) is 11.8 Å². The van der Waals surface area contributed by atoms with Gasteiger partial charge in [0.1, 0.15) is 12.3 Å². The molecule has 0 unspecified atom stereocenters. The topological polar surface area (TPSA) is 90.4 Å². The van der Waals surface area contributed by atoms with E-state index in [-0.39, 0.29) is 31.3 Å². The van der Waals surface area contributed by atoms with Crippen LogP contribution in [0.1, 0.15) is 12.0 Å². The fraction of sp³-hybridized carbons (Fsp3) is 0.526. The van der Waals surface area contributed by atoms with Gasteiger partial charge in [-0.2, -0.15) is 0 Å². The molecular weight excluding hydrogens is 350 g/mol. The Kier molecular flexibility index (Phi) is 6.79. The average Bonchev–Trinajstić information content (AvgIpc) is 2.99. The van der Waals surface area contributed by atoms with Gasteiger partial charge < -0.3 is 24.5 Å². The van der Waals surface area contributed by atoms with Gasteiger partial charge in [-0.25, -0.2) is 0 Å². The SMILES string of the molecule is COc1ccc(C)cc1N1C[C@H](C(=O)N(CCN(C)C)CC(=O)O)CC1=O. The van der Waals surface area contributed by atoms with Crippen LogP contribution in [0.4, 0.5) is 5.69 Å². The Hall–Kier alpha value is -2.61. The highest BCUT2D eigenvalue weighted by atomic mass is 16.5. The number of ether oxygens (including phenoxy) is 1. The lowest BCUT2D eigenvalue weighted by Crippen LogP contribution is -2.43. The summed E-state index contributed by atoms with van der Waals surface area (Å²) in [6, 6.07) is 5.53. The van der Waals surface area contributed by atoms with Crippen molar-refractivity contribution in [2.75, 3.05) is 52.3 Å². The first-order valence-corrected chi connectivity index (χ1v) is 8.83. The van der Waals surface area contributed by atoms with Crippen LogP contribution >= 0.6 is 0 Å². The molecule has 0 radical (unpaired) electrons. The second-order valence-corrected chi connectivity index (χ2v) is 7.04. The molecule has 1 N–H and O–H groups in total. The van der Waals surface area contributed by atoms with E-state index < -0.39 is 11.9 Å². The maximum absolute atomic E-state index is 12.9. The van der Waals surface area contributed by atoms with Gasteiger partial charge in [-0.3, -0.25) is 14.4 Å². The molecule has 8 nitrogen and oxygen atoms in total. The summed E-state index contributed by atoms with van der Waals surface area (Å²) in [5.41, 5.74) is 1.61. The van der Waals surface area contributed by atoms with Crippen molar-refractivity contribution in [3.63, 3.8) is 0 Å². The summed E-state index contributed by atoms with van der Waals surface area (Å²) in [5, 5.41) is 9.12. The van der Waals surface area contributed by atoms with Crippen molar-refractivity contribution in [2.45, 2.75) is 13.3 Å². The molecule has 1 saturated heterocycles. The normalized spacial score (nSPS) is 16.7. The number of carbonyl (C=O) groups excluding carboxylic acids is 2. The third kappa shape index (κ3) is 5.19. The molecule has 1 aliphatic rings. The minimum absolute atomic E-state index is 0.0635. The Labute approximate surface area is 159 Å². The standard InChI is InChI=1S/C19H27N3O5/c1-13-5-6-16(27-4)15(9-13)22-11-14(10-17(22)23)19(26)21(12-18(24)25)8-7-20(2)3/h5-6,9,14H,7-8,10-12H2,1-4H3,(H,24,25)/t14-/m1/s1. The Bertz CT molecular complexity index is 719. The number of methoxy groups -OCH3 is 1. The predicted molar refractivity (Wildman–Crippen MR) is 101 cm³/mol. The molecule has 2 amide bonds. The van der Waals surface area contributed by atoms with Crippen molar-refractivity contribution in [1.82, 2.24) is 9.80 Å².